The molecule has 2 saturated heterocycles. The Labute approximate surface area is 193 Å². The fourth-order valence-electron chi connectivity index (χ4n) is 5.02. The Kier molecular flexibility index (Phi) is 5.90. The Balaban J connectivity index is 1.33. The number of likely N-dealkylation sites (tertiary alicyclic amines) is 1. The number of carbonyl (C=O) groups is 2. The number of fused-ring (bicyclic) bond motifs is 1. The molecule has 0 spiro atoms. The molecule has 1 unspecified atom stereocenters. The Hall–Kier alpha value is -3.54. The fraction of sp³-hybridized carbons (Fsp3) is 0.333. The average molecular weight is 444 g/mol. The van der Waals surface area contributed by atoms with Crippen molar-refractivity contribution in [1.82, 2.24) is 4.90 Å². The number of piperidine rings is 1. The first-order valence-electron chi connectivity index (χ1n) is 11.8. The van der Waals surface area contributed by atoms with E-state index in [1.165, 1.54) is 19.3 Å². The van der Waals surface area contributed by atoms with Gasteiger partial charge in [-0.25, -0.2) is 0 Å². The van der Waals surface area contributed by atoms with Crippen LogP contribution in [0.15, 0.2) is 60.7 Å². The van der Waals surface area contributed by atoms with Crippen LogP contribution in [0.4, 0.5) is 11.4 Å². The molecule has 0 saturated carbocycles. The number of benzene rings is 3. The van der Waals surface area contributed by atoms with Crippen molar-refractivity contribution in [2.45, 2.75) is 38.1 Å². The van der Waals surface area contributed by atoms with Crippen molar-refractivity contribution < 1.29 is 14.7 Å². The van der Waals surface area contributed by atoms with Gasteiger partial charge in [0.2, 0.25) is 5.91 Å². The zero-order valence-electron chi connectivity index (χ0n) is 18.7. The predicted octanol–water partition coefficient (Wildman–Crippen LogP) is 4.78. The lowest BCUT2D eigenvalue weighted by Crippen LogP contribution is -2.43. The van der Waals surface area contributed by atoms with E-state index < -0.39 is 6.04 Å². The standard InChI is InChI=1S/C27H29N3O3/c31-25-22-11-3-2-8-19(22)13-14-23(25)27(33)30-17-7-12-24(30)26(32)28-20-9-6-10-21(18-20)29-15-4-1-5-16-29/h2-3,6,8-11,13-14,18,24,31H,1,4-5,7,12,15-17H2,(H,28,32). The largest absolute Gasteiger partial charge is 0.506 e. The zero-order valence-corrected chi connectivity index (χ0v) is 18.7. The second-order valence-electron chi connectivity index (χ2n) is 8.93. The summed E-state index contributed by atoms with van der Waals surface area (Å²) >= 11 is 0. The highest BCUT2D eigenvalue weighted by Gasteiger charge is 2.35. The third kappa shape index (κ3) is 4.25. The van der Waals surface area contributed by atoms with Crippen LogP contribution in [-0.4, -0.2) is 47.5 Å². The first kappa shape index (κ1) is 21.3. The third-order valence-corrected chi connectivity index (χ3v) is 6.78. The molecule has 6 nitrogen and oxygen atoms in total. The maximum atomic E-state index is 13.3. The molecule has 0 bridgehead atoms. The number of rotatable bonds is 4. The Morgan fingerprint density at radius 3 is 2.55 bits per heavy atom. The zero-order chi connectivity index (χ0) is 22.8. The summed E-state index contributed by atoms with van der Waals surface area (Å²) in [5, 5.41) is 15.3. The van der Waals surface area contributed by atoms with Gasteiger partial charge in [0.1, 0.15) is 11.8 Å². The number of phenolic OH excluding ortho intramolecular Hbond substituents is 1. The molecule has 2 aliphatic heterocycles. The van der Waals surface area contributed by atoms with Crippen LogP contribution < -0.4 is 10.2 Å². The van der Waals surface area contributed by atoms with E-state index in [4.69, 9.17) is 0 Å². The number of hydrogen-bond donors (Lipinski definition) is 2. The monoisotopic (exact) mass is 443 g/mol. The van der Waals surface area contributed by atoms with Crippen molar-refractivity contribution in [2.24, 2.45) is 0 Å². The van der Waals surface area contributed by atoms with Gasteiger partial charge in [-0.15, -0.1) is 0 Å². The quantitative estimate of drug-likeness (QED) is 0.609. The summed E-state index contributed by atoms with van der Waals surface area (Å²) in [4.78, 5) is 30.4. The van der Waals surface area contributed by atoms with E-state index in [0.29, 0.717) is 18.4 Å². The Bertz CT molecular complexity index is 1190. The van der Waals surface area contributed by atoms with Crippen molar-refractivity contribution in [3.05, 3.63) is 66.2 Å². The van der Waals surface area contributed by atoms with Crippen molar-refractivity contribution in [2.75, 3.05) is 29.9 Å². The third-order valence-electron chi connectivity index (χ3n) is 6.78. The molecule has 3 aromatic rings. The highest BCUT2D eigenvalue weighted by atomic mass is 16.3. The van der Waals surface area contributed by atoms with Crippen LogP contribution in [0.5, 0.6) is 5.75 Å². The molecule has 6 heteroatoms. The van der Waals surface area contributed by atoms with Crippen molar-refractivity contribution in [3.8, 4) is 5.75 Å². The Morgan fingerprint density at radius 1 is 0.879 bits per heavy atom. The first-order chi connectivity index (χ1) is 16.1. The summed E-state index contributed by atoms with van der Waals surface area (Å²) in [6.07, 6.45) is 5.02. The van der Waals surface area contributed by atoms with Crippen LogP contribution in [-0.2, 0) is 4.79 Å². The van der Waals surface area contributed by atoms with Gasteiger partial charge in [-0.3, -0.25) is 9.59 Å². The van der Waals surface area contributed by atoms with Crippen LogP contribution >= 0.6 is 0 Å². The molecule has 0 radical (unpaired) electrons. The van der Waals surface area contributed by atoms with Crippen LogP contribution in [0.25, 0.3) is 10.8 Å². The van der Waals surface area contributed by atoms with Gasteiger partial charge in [-0.2, -0.15) is 0 Å². The molecule has 170 valence electrons. The molecule has 2 amide bonds. The number of hydrogen-bond acceptors (Lipinski definition) is 4. The number of anilines is 2. The van der Waals surface area contributed by atoms with Gasteiger partial charge in [0.15, 0.2) is 0 Å². The van der Waals surface area contributed by atoms with E-state index in [1.54, 1.807) is 17.0 Å². The predicted molar refractivity (Wildman–Crippen MR) is 131 cm³/mol. The molecule has 2 heterocycles. The molecule has 0 aromatic heterocycles. The fourth-order valence-corrected chi connectivity index (χ4v) is 5.02. The topological polar surface area (TPSA) is 72.9 Å². The normalized spacial score (nSPS) is 18.5. The van der Waals surface area contributed by atoms with Gasteiger partial charge in [-0.1, -0.05) is 36.4 Å². The van der Waals surface area contributed by atoms with E-state index in [1.807, 2.05) is 42.5 Å². The number of amides is 2. The summed E-state index contributed by atoms with van der Waals surface area (Å²) in [6, 6.07) is 18.3. The molecular formula is C27H29N3O3. The minimum Gasteiger partial charge on any atom is -0.506 e. The lowest BCUT2D eigenvalue weighted by Gasteiger charge is -2.29. The SMILES string of the molecule is O=C(Nc1cccc(N2CCCCC2)c1)C1CCCN1C(=O)c1ccc2ccccc2c1O. The van der Waals surface area contributed by atoms with Gasteiger partial charge in [0, 0.05) is 36.4 Å². The van der Waals surface area contributed by atoms with Crippen LogP contribution in [0.2, 0.25) is 0 Å². The van der Waals surface area contributed by atoms with Crippen molar-refractivity contribution >= 4 is 34.0 Å². The first-order valence-corrected chi connectivity index (χ1v) is 11.8. The summed E-state index contributed by atoms with van der Waals surface area (Å²) < 4.78 is 0. The van der Waals surface area contributed by atoms with Gasteiger partial charge in [0.05, 0.1) is 5.56 Å². The molecule has 3 aromatic carbocycles. The molecular weight excluding hydrogens is 414 g/mol. The summed E-state index contributed by atoms with van der Waals surface area (Å²) in [5.74, 6) is -0.520. The summed E-state index contributed by atoms with van der Waals surface area (Å²) in [5.41, 5.74) is 2.10. The van der Waals surface area contributed by atoms with E-state index in [2.05, 4.69) is 16.3 Å². The molecule has 33 heavy (non-hydrogen) atoms. The lowest BCUT2D eigenvalue weighted by molar-refractivity contribution is -0.119. The molecule has 2 fully saturated rings. The molecule has 1 atom stereocenters. The van der Waals surface area contributed by atoms with Crippen molar-refractivity contribution in [1.29, 1.82) is 0 Å². The van der Waals surface area contributed by atoms with Crippen molar-refractivity contribution in [3.63, 3.8) is 0 Å². The second kappa shape index (κ2) is 9.14. The minimum absolute atomic E-state index is 0.0293. The maximum absolute atomic E-state index is 13.3. The van der Waals surface area contributed by atoms with Crippen LogP contribution in [0.1, 0.15) is 42.5 Å². The Morgan fingerprint density at radius 2 is 1.70 bits per heavy atom. The highest BCUT2D eigenvalue weighted by Crippen LogP contribution is 2.32. The second-order valence-corrected chi connectivity index (χ2v) is 8.93. The van der Waals surface area contributed by atoms with Gasteiger partial charge >= 0.3 is 0 Å². The van der Waals surface area contributed by atoms with E-state index >= 15 is 0 Å². The number of carbonyl (C=O) groups excluding carboxylic acids is 2. The lowest BCUT2D eigenvalue weighted by atomic mass is 10.0. The van der Waals surface area contributed by atoms with Crippen LogP contribution in [0.3, 0.4) is 0 Å². The number of phenols is 1. The molecule has 2 N–H and O–H groups in total. The van der Waals surface area contributed by atoms with Gasteiger partial charge < -0.3 is 20.2 Å². The number of nitrogens with zero attached hydrogens (tertiary/aromatic N) is 2. The smallest absolute Gasteiger partial charge is 0.258 e. The molecule has 0 aliphatic carbocycles. The highest BCUT2D eigenvalue weighted by molar-refractivity contribution is 6.06. The van der Waals surface area contributed by atoms with Gasteiger partial charge in [0.25, 0.3) is 5.91 Å². The summed E-state index contributed by atoms with van der Waals surface area (Å²) in [7, 11) is 0. The van der Waals surface area contributed by atoms with E-state index in [-0.39, 0.29) is 23.1 Å². The number of nitrogens with one attached hydrogen (secondary N) is 1. The minimum atomic E-state index is -0.554. The van der Waals surface area contributed by atoms with E-state index in [0.717, 1.165) is 36.3 Å². The maximum Gasteiger partial charge on any atom is 0.258 e. The summed E-state index contributed by atoms with van der Waals surface area (Å²) in [6.45, 7) is 2.58. The van der Waals surface area contributed by atoms with Crippen LogP contribution in [0, 0.1) is 0 Å². The van der Waals surface area contributed by atoms with Gasteiger partial charge in [-0.05, 0) is 61.8 Å². The molecule has 2 aliphatic rings. The molecule has 5 rings (SSSR count). The number of aromatic hydroxyl groups is 1. The average Bonchev–Trinajstić information content (AvgIpc) is 3.35. The van der Waals surface area contributed by atoms with E-state index in [9.17, 15) is 14.7 Å².